The minimum atomic E-state index is -3.78. The summed E-state index contributed by atoms with van der Waals surface area (Å²) in [6.45, 7) is 3.05. The fraction of sp³-hybridized carbons (Fsp3) is 0.611. The number of hydrogen-bond donors (Lipinski definition) is 1. The maximum Gasteiger partial charge on any atom is 0.244 e. The Labute approximate surface area is 154 Å². The van der Waals surface area contributed by atoms with Crippen LogP contribution in [-0.4, -0.2) is 43.1 Å². The highest BCUT2D eigenvalue weighted by Gasteiger charge is 2.55. The van der Waals surface area contributed by atoms with E-state index in [1.165, 1.54) is 12.1 Å². The van der Waals surface area contributed by atoms with Crippen LogP contribution in [0.3, 0.4) is 0 Å². The number of carbonyl (C=O) groups excluding carboxylic acids is 1. The van der Waals surface area contributed by atoms with Gasteiger partial charge in [-0.2, -0.15) is 0 Å². The third-order valence-electron chi connectivity index (χ3n) is 5.69. The second-order valence-electron chi connectivity index (χ2n) is 7.30. The van der Waals surface area contributed by atoms with Crippen LogP contribution in [0.1, 0.15) is 39.0 Å². The van der Waals surface area contributed by atoms with Crippen molar-refractivity contribution < 1.29 is 13.2 Å². The van der Waals surface area contributed by atoms with Crippen molar-refractivity contribution in [1.29, 1.82) is 0 Å². The molecule has 1 aliphatic heterocycles. The molecule has 2 atom stereocenters. The lowest BCUT2D eigenvalue weighted by Gasteiger charge is -2.34. The van der Waals surface area contributed by atoms with Gasteiger partial charge in [0.15, 0.2) is 14.6 Å². The molecular formula is C18H25ClN2O3S. The number of rotatable bonds is 4. The molecule has 2 unspecified atom stereocenters. The Balaban J connectivity index is 1.99. The number of nitrogens with zero attached hydrogens (tertiary/aromatic N) is 1. The molecule has 5 nitrogen and oxygen atoms in total. The van der Waals surface area contributed by atoms with Crippen LogP contribution < -0.4 is 5.73 Å². The third-order valence-corrected chi connectivity index (χ3v) is 8.45. The Morgan fingerprint density at radius 3 is 2.40 bits per heavy atom. The Kier molecular flexibility index (Phi) is 5.15. The first-order valence-corrected chi connectivity index (χ1v) is 10.7. The van der Waals surface area contributed by atoms with Crippen molar-refractivity contribution in [2.24, 2.45) is 11.7 Å². The van der Waals surface area contributed by atoms with E-state index in [0.29, 0.717) is 31.0 Å². The van der Waals surface area contributed by atoms with Gasteiger partial charge >= 0.3 is 0 Å². The van der Waals surface area contributed by atoms with Crippen LogP contribution in [0.2, 0.25) is 5.02 Å². The summed E-state index contributed by atoms with van der Waals surface area (Å²) in [5.41, 5.74) is 5.77. The Bertz CT molecular complexity index is 742. The van der Waals surface area contributed by atoms with E-state index in [-0.39, 0.29) is 22.8 Å². The van der Waals surface area contributed by atoms with Crippen molar-refractivity contribution >= 4 is 27.3 Å². The molecular weight excluding hydrogens is 360 g/mol. The summed E-state index contributed by atoms with van der Waals surface area (Å²) < 4.78 is 25.5. The number of amides is 1. The molecule has 1 aliphatic carbocycles. The lowest BCUT2D eigenvalue weighted by Crippen LogP contribution is -2.53. The molecule has 1 saturated carbocycles. The maximum atomic E-state index is 13.4. The zero-order chi connectivity index (χ0) is 18.2. The topological polar surface area (TPSA) is 80.5 Å². The highest BCUT2D eigenvalue weighted by Crippen LogP contribution is 2.43. The van der Waals surface area contributed by atoms with Crippen molar-refractivity contribution in [2.45, 2.75) is 54.7 Å². The predicted molar refractivity (Wildman–Crippen MR) is 98.2 cm³/mol. The smallest absolute Gasteiger partial charge is 0.244 e. The zero-order valence-electron chi connectivity index (χ0n) is 14.4. The van der Waals surface area contributed by atoms with E-state index in [2.05, 4.69) is 0 Å². The summed E-state index contributed by atoms with van der Waals surface area (Å²) in [6, 6.07) is 6.15. The minimum Gasteiger partial charge on any atom is -0.338 e. The quantitative estimate of drug-likeness (QED) is 0.865. The Morgan fingerprint density at radius 2 is 1.88 bits per heavy atom. The summed E-state index contributed by atoms with van der Waals surface area (Å²) in [6.07, 6.45) is 3.10. The minimum absolute atomic E-state index is 0.0268. The molecule has 7 heteroatoms. The number of likely N-dealkylation sites (tertiary alicyclic amines) is 1. The summed E-state index contributed by atoms with van der Waals surface area (Å²) >= 11 is 5.89. The molecule has 0 aromatic heterocycles. The Morgan fingerprint density at radius 1 is 1.28 bits per heavy atom. The molecule has 1 aromatic rings. The SMILES string of the molecule is CC1CC(CN)CN1C(=O)C1(S(=O)(=O)c2ccc(Cl)cc2)CCCC1. The number of hydrogen-bond acceptors (Lipinski definition) is 4. The standard InChI is InChI=1S/C18H25ClN2O3S/c1-13-10-14(11-20)12-21(13)17(22)18(8-2-3-9-18)25(23,24)16-6-4-15(19)5-7-16/h4-7,13-14H,2-3,8-12,20H2,1H3. The van der Waals surface area contributed by atoms with Crippen molar-refractivity contribution in [1.82, 2.24) is 4.90 Å². The summed E-state index contributed by atoms with van der Waals surface area (Å²) in [4.78, 5) is 15.3. The highest BCUT2D eigenvalue weighted by molar-refractivity contribution is 7.93. The maximum absolute atomic E-state index is 13.4. The zero-order valence-corrected chi connectivity index (χ0v) is 16.0. The number of carbonyl (C=O) groups is 1. The van der Waals surface area contributed by atoms with Gasteiger partial charge in [-0.1, -0.05) is 24.4 Å². The number of nitrogens with two attached hydrogens (primary N) is 1. The Hall–Kier alpha value is -1.11. The van der Waals surface area contributed by atoms with Gasteiger partial charge in [0.2, 0.25) is 5.91 Å². The first-order chi connectivity index (χ1) is 11.8. The number of benzene rings is 1. The van der Waals surface area contributed by atoms with Crippen molar-refractivity contribution in [2.75, 3.05) is 13.1 Å². The summed E-state index contributed by atoms with van der Waals surface area (Å²) in [5.74, 6) is -0.000890. The van der Waals surface area contributed by atoms with Gasteiger partial charge in [0.1, 0.15) is 0 Å². The molecule has 25 heavy (non-hydrogen) atoms. The van der Waals surface area contributed by atoms with Crippen LogP contribution in [0, 0.1) is 5.92 Å². The molecule has 0 radical (unpaired) electrons. The van der Waals surface area contributed by atoms with E-state index in [9.17, 15) is 13.2 Å². The van der Waals surface area contributed by atoms with Crippen LogP contribution in [-0.2, 0) is 14.6 Å². The summed E-state index contributed by atoms with van der Waals surface area (Å²) in [5, 5.41) is 0.477. The normalized spacial score (nSPS) is 26.1. The lowest BCUT2D eigenvalue weighted by atomic mass is 10.0. The second-order valence-corrected chi connectivity index (χ2v) is 10.00. The average Bonchev–Trinajstić information content (AvgIpc) is 3.22. The van der Waals surface area contributed by atoms with Gasteiger partial charge < -0.3 is 10.6 Å². The van der Waals surface area contributed by atoms with E-state index < -0.39 is 14.6 Å². The number of halogens is 1. The monoisotopic (exact) mass is 384 g/mol. The van der Waals surface area contributed by atoms with E-state index in [0.717, 1.165) is 19.3 Å². The van der Waals surface area contributed by atoms with E-state index in [1.807, 2.05) is 6.92 Å². The van der Waals surface area contributed by atoms with Gasteiger partial charge in [0, 0.05) is 17.6 Å². The van der Waals surface area contributed by atoms with Crippen molar-refractivity contribution in [3.8, 4) is 0 Å². The van der Waals surface area contributed by atoms with Crippen molar-refractivity contribution in [3.63, 3.8) is 0 Å². The molecule has 3 rings (SSSR count). The highest BCUT2D eigenvalue weighted by atomic mass is 35.5. The van der Waals surface area contributed by atoms with Gasteiger partial charge in [0.25, 0.3) is 0 Å². The molecule has 1 saturated heterocycles. The van der Waals surface area contributed by atoms with Crippen LogP contribution in [0.25, 0.3) is 0 Å². The molecule has 2 fully saturated rings. The third kappa shape index (κ3) is 3.09. The van der Waals surface area contributed by atoms with Gasteiger partial charge in [-0.3, -0.25) is 4.79 Å². The predicted octanol–water partition coefficient (Wildman–Crippen LogP) is 2.62. The number of sulfone groups is 1. The first-order valence-electron chi connectivity index (χ1n) is 8.83. The van der Waals surface area contributed by atoms with Gasteiger partial charge in [-0.15, -0.1) is 0 Å². The molecule has 2 N–H and O–H groups in total. The molecule has 0 spiro atoms. The average molecular weight is 385 g/mol. The molecule has 1 amide bonds. The molecule has 1 aromatic carbocycles. The van der Waals surface area contributed by atoms with E-state index >= 15 is 0 Å². The largest absolute Gasteiger partial charge is 0.338 e. The first kappa shape index (κ1) is 18.7. The molecule has 0 bridgehead atoms. The molecule has 2 aliphatic rings. The van der Waals surface area contributed by atoms with E-state index in [4.69, 9.17) is 17.3 Å². The van der Waals surface area contributed by atoms with Gasteiger partial charge in [-0.25, -0.2) is 8.42 Å². The lowest BCUT2D eigenvalue weighted by molar-refractivity contribution is -0.134. The van der Waals surface area contributed by atoms with Gasteiger partial charge in [-0.05, 0) is 62.9 Å². The fourth-order valence-electron chi connectivity index (χ4n) is 4.24. The molecule has 1 heterocycles. The summed E-state index contributed by atoms with van der Waals surface area (Å²) in [7, 11) is -3.78. The van der Waals surface area contributed by atoms with Gasteiger partial charge in [0.05, 0.1) is 4.90 Å². The van der Waals surface area contributed by atoms with Crippen LogP contribution >= 0.6 is 11.6 Å². The van der Waals surface area contributed by atoms with Crippen LogP contribution in [0.4, 0.5) is 0 Å². The molecule has 138 valence electrons. The van der Waals surface area contributed by atoms with Crippen molar-refractivity contribution in [3.05, 3.63) is 29.3 Å². The van der Waals surface area contributed by atoms with Crippen LogP contribution in [0.5, 0.6) is 0 Å². The van der Waals surface area contributed by atoms with Crippen LogP contribution in [0.15, 0.2) is 29.2 Å². The second kappa shape index (κ2) is 6.89. The van der Waals surface area contributed by atoms with E-state index in [1.54, 1.807) is 17.0 Å². The fourth-order valence-corrected chi connectivity index (χ4v) is 6.49.